The molecule has 1 rings (SSSR count). The van der Waals surface area contributed by atoms with E-state index in [4.69, 9.17) is 13.0 Å². The van der Waals surface area contributed by atoms with Crippen molar-refractivity contribution in [1.82, 2.24) is 0 Å². The van der Waals surface area contributed by atoms with E-state index in [1.165, 1.54) is 50.0 Å². The van der Waals surface area contributed by atoms with Crippen LogP contribution in [0, 0.1) is 0 Å². The van der Waals surface area contributed by atoms with Gasteiger partial charge in [0.2, 0.25) is 0 Å². The summed E-state index contributed by atoms with van der Waals surface area (Å²) in [6.07, 6.45) is 17.1. The third-order valence-corrected chi connectivity index (χ3v) is 3.40. The van der Waals surface area contributed by atoms with Gasteiger partial charge in [-0.15, -0.1) is 0 Å². The maximum atomic E-state index is 10.7. The van der Waals surface area contributed by atoms with E-state index in [0.29, 0.717) is 0 Å². The zero-order valence-electron chi connectivity index (χ0n) is 12.0. The van der Waals surface area contributed by atoms with Crippen LogP contribution in [0.25, 0.3) is 0 Å². The number of alkyl halides is 3. The molecule has 0 aromatic carbocycles. The number of allylic oxidation sites excluding steroid dienone is 2. The Hall–Kier alpha value is -0.860. The first-order valence-corrected chi connectivity index (χ1v) is 8.32. The van der Waals surface area contributed by atoms with Crippen molar-refractivity contribution in [2.45, 2.75) is 51.0 Å². The highest BCUT2D eigenvalue weighted by Crippen LogP contribution is 2.20. The van der Waals surface area contributed by atoms with Gasteiger partial charge in [-0.05, 0) is 25.0 Å². The lowest BCUT2D eigenvalue weighted by atomic mass is 10.1. The molecule has 0 atom stereocenters. The highest BCUT2D eigenvalue weighted by atomic mass is 32.2. The Kier molecular flexibility index (Phi) is 9.56. The van der Waals surface area contributed by atoms with Crippen molar-refractivity contribution in [2.24, 2.45) is 0 Å². The van der Waals surface area contributed by atoms with Crippen molar-refractivity contribution in [3.05, 3.63) is 24.6 Å². The second-order valence-corrected chi connectivity index (χ2v) is 6.08. The first kappa shape index (κ1) is 20.1. The second kappa shape index (κ2) is 9.97. The first-order chi connectivity index (χ1) is 9.68. The summed E-state index contributed by atoms with van der Waals surface area (Å²) in [5.74, 6) is 0. The van der Waals surface area contributed by atoms with Crippen molar-refractivity contribution >= 4 is 10.1 Å². The summed E-state index contributed by atoms with van der Waals surface area (Å²) in [5, 5.41) is 0. The Bertz CT molecular complexity index is 418. The van der Waals surface area contributed by atoms with Gasteiger partial charge >= 0.3 is 5.51 Å². The fourth-order valence-electron chi connectivity index (χ4n) is 1.69. The lowest BCUT2D eigenvalue weighted by molar-refractivity contribution is -0.787. The Balaban J connectivity index is 0.000000433. The molecular weight excluding hydrogens is 307 g/mol. The Morgan fingerprint density at radius 1 is 1.00 bits per heavy atom. The van der Waals surface area contributed by atoms with E-state index in [0.717, 1.165) is 0 Å². The van der Waals surface area contributed by atoms with Gasteiger partial charge in [-0.25, -0.2) is 8.42 Å². The van der Waals surface area contributed by atoms with Crippen LogP contribution >= 0.6 is 0 Å². The van der Waals surface area contributed by atoms with Crippen LogP contribution < -0.4 is 4.90 Å². The molecule has 0 aromatic rings. The molecule has 1 N–H and O–H groups in total. The molecule has 124 valence electrons. The fraction of sp³-hybridized carbons (Fsp3) is 0.692. The molecule has 8 heteroatoms. The number of unbranched alkanes of at least 4 members (excludes halogenated alkanes) is 5. The normalized spacial score (nSPS) is 15.1. The smallest absolute Gasteiger partial charge is 0.485 e. The van der Waals surface area contributed by atoms with Gasteiger partial charge in [-0.1, -0.05) is 32.6 Å². The molecule has 0 fully saturated rings. The SMILES string of the molecule is CCCCCCCC[NH+]1C=CC=C1.O=S(=O)([O-])C(F)(F)F. The van der Waals surface area contributed by atoms with E-state index in [9.17, 15) is 13.2 Å². The molecule has 1 aliphatic rings. The van der Waals surface area contributed by atoms with E-state index < -0.39 is 15.6 Å². The van der Waals surface area contributed by atoms with Crippen LogP contribution in [-0.4, -0.2) is 25.0 Å². The largest absolute Gasteiger partial charge is 0.741 e. The fourth-order valence-corrected chi connectivity index (χ4v) is 1.69. The molecular formula is C13H22F3NO3S. The molecule has 0 amide bonds. The van der Waals surface area contributed by atoms with E-state index in [1.54, 1.807) is 0 Å². The van der Waals surface area contributed by atoms with Crippen LogP contribution in [0.15, 0.2) is 24.6 Å². The summed E-state index contributed by atoms with van der Waals surface area (Å²) in [6, 6.07) is 0. The van der Waals surface area contributed by atoms with Gasteiger partial charge in [0.25, 0.3) is 0 Å². The topological polar surface area (TPSA) is 61.6 Å². The van der Waals surface area contributed by atoms with E-state index in [1.807, 2.05) is 0 Å². The number of hydrogen-bond donors (Lipinski definition) is 1. The van der Waals surface area contributed by atoms with Crippen molar-refractivity contribution in [3.8, 4) is 0 Å². The standard InChI is InChI=1S/C12H21N.CHF3O3S/c1-2-3-4-5-6-7-10-13-11-8-9-12-13;2-1(3,4)8(5,6)7/h8-9,11-12H,2-7,10H2,1H3;(H,5,6,7). The molecule has 0 bridgehead atoms. The van der Waals surface area contributed by atoms with Gasteiger partial charge in [0.15, 0.2) is 10.1 Å². The van der Waals surface area contributed by atoms with Gasteiger partial charge in [0.1, 0.15) is 0 Å². The zero-order valence-corrected chi connectivity index (χ0v) is 12.8. The van der Waals surface area contributed by atoms with Crippen LogP contribution in [0.3, 0.4) is 0 Å². The number of quaternary nitrogens is 1. The van der Waals surface area contributed by atoms with Gasteiger partial charge < -0.3 is 4.55 Å². The first-order valence-electron chi connectivity index (χ1n) is 6.91. The molecule has 0 aromatic heterocycles. The summed E-state index contributed by atoms with van der Waals surface area (Å²) in [5.41, 5.74) is -5.65. The number of halogens is 3. The summed E-state index contributed by atoms with van der Waals surface area (Å²) in [6.45, 7) is 3.54. The Labute approximate surface area is 124 Å². The maximum Gasteiger partial charge on any atom is 0.485 e. The Morgan fingerprint density at radius 3 is 1.86 bits per heavy atom. The molecule has 0 radical (unpaired) electrons. The molecule has 0 unspecified atom stereocenters. The van der Waals surface area contributed by atoms with Crippen LogP contribution in [-0.2, 0) is 10.1 Å². The molecule has 1 heterocycles. The average molecular weight is 329 g/mol. The summed E-state index contributed by atoms with van der Waals surface area (Å²) in [7, 11) is -6.09. The predicted molar refractivity (Wildman–Crippen MR) is 73.2 cm³/mol. The molecule has 0 aliphatic carbocycles. The molecule has 21 heavy (non-hydrogen) atoms. The number of hydrogen-bond acceptors (Lipinski definition) is 3. The van der Waals surface area contributed by atoms with Gasteiger partial charge in [0.05, 0.1) is 18.9 Å². The maximum absolute atomic E-state index is 10.7. The molecule has 0 spiro atoms. The van der Waals surface area contributed by atoms with E-state index in [-0.39, 0.29) is 0 Å². The van der Waals surface area contributed by atoms with Crippen LogP contribution in [0.2, 0.25) is 0 Å². The molecule has 0 saturated heterocycles. The highest BCUT2D eigenvalue weighted by molar-refractivity contribution is 7.86. The van der Waals surface area contributed by atoms with Crippen molar-refractivity contribution in [1.29, 1.82) is 0 Å². The van der Waals surface area contributed by atoms with Crippen LogP contribution in [0.4, 0.5) is 13.2 Å². The van der Waals surface area contributed by atoms with E-state index in [2.05, 4.69) is 31.5 Å². The van der Waals surface area contributed by atoms with Gasteiger partial charge in [-0.2, -0.15) is 13.2 Å². The highest BCUT2D eigenvalue weighted by Gasteiger charge is 2.36. The minimum atomic E-state index is -6.09. The minimum Gasteiger partial charge on any atom is -0.741 e. The Morgan fingerprint density at radius 2 is 1.43 bits per heavy atom. The van der Waals surface area contributed by atoms with Gasteiger partial charge in [0, 0.05) is 0 Å². The monoisotopic (exact) mass is 329 g/mol. The van der Waals surface area contributed by atoms with Crippen molar-refractivity contribution < 1.29 is 31.0 Å². The third-order valence-electron chi connectivity index (χ3n) is 2.83. The molecule has 4 nitrogen and oxygen atoms in total. The number of nitrogens with one attached hydrogen (secondary N) is 1. The summed E-state index contributed by atoms with van der Waals surface area (Å²) in [4.78, 5) is 1.51. The summed E-state index contributed by atoms with van der Waals surface area (Å²) >= 11 is 0. The zero-order chi connectivity index (χ0) is 16.4. The van der Waals surface area contributed by atoms with E-state index >= 15 is 0 Å². The second-order valence-electron chi connectivity index (χ2n) is 4.71. The average Bonchev–Trinajstić information content (AvgIpc) is 2.85. The number of rotatable bonds is 7. The third kappa shape index (κ3) is 10.5. The van der Waals surface area contributed by atoms with Crippen molar-refractivity contribution in [2.75, 3.05) is 6.54 Å². The van der Waals surface area contributed by atoms with Gasteiger partial charge in [-0.3, -0.25) is 4.90 Å². The van der Waals surface area contributed by atoms with Crippen LogP contribution in [0.1, 0.15) is 45.4 Å². The van der Waals surface area contributed by atoms with Crippen LogP contribution in [0.5, 0.6) is 0 Å². The molecule has 0 saturated carbocycles. The minimum absolute atomic E-state index is 1.28. The van der Waals surface area contributed by atoms with Crippen molar-refractivity contribution in [3.63, 3.8) is 0 Å². The molecule has 1 aliphatic heterocycles. The quantitative estimate of drug-likeness (QED) is 0.443. The summed E-state index contributed by atoms with van der Waals surface area (Å²) < 4.78 is 58.9. The lowest BCUT2D eigenvalue weighted by Gasteiger charge is -2.08. The predicted octanol–water partition coefficient (Wildman–Crippen LogP) is 2.32. The lowest BCUT2D eigenvalue weighted by Crippen LogP contribution is -3.01.